The van der Waals surface area contributed by atoms with Gasteiger partial charge in [-0.25, -0.2) is 0 Å². The van der Waals surface area contributed by atoms with Gasteiger partial charge in [0.1, 0.15) is 0 Å². The molecule has 1 N–H and O–H groups in total. The third-order valence-electron chi connectivity index (χ3n) is 6.15. The van der Waals surface area contributed by atoms with Gasteiger partial charge in [-0.1, -0.05) is 81.5 Å². The van der Waals surface area contributed by atoms with Crippen LogP contribution in [0.1, 0.15) is 65.0 Å². The summed E-state index contributed by atoms with van der Waals surface area (Å²) in [5, 5.41) is 3.65. The second kappa shape index (κ2) is 10.5. The zero-order valence-corrected chi connectivity index (χ0v) is 19.2. The summed E-state index contributed by atoms with van der Waals surface area (Å²) < 4.78 is 0. The highest BCUT2D eigenvalue weighted by molar-refractivity contribution is 5.50. The number of fused-ring (bicyclic) bond motifs is 1. The molecule has 0 radical (unpaired) electrons. The Balaban J connectivity index is 2.53. The molecular weight excluding hydrogens is 350 g/mol. The first kappa shape index (κ1) is 23.0. The number of rotatable bonds is 10. The lowest BCUT2D eigenvalue weighted by Gasteiger charge is -2.32. The van der Waals surface area contributed by atoms with Crippen molar-refractivity contribution in [1.29, 1.82) is 0 Å². The summed E-state index contributed by atoms with van der Waals surface area (Å²) in [4.78, 5) is 0. The monoisotopic (exact) mass is 389 g/mol. The lowest BCUT2D eigenvalue weighted by atomic mass is 9.72. The van der Waals surface area contributed by atoms with Crippen LogP contribution in [-0.4, -0.2) is 6.54 Å². The van der Waals surface area contributed by atoms with Crippen molar-refractivity contribution in [2.75, 3.05) is 6.54 Å². The highest BCUT2D eigenvalue weighted by atomic mass is 14.9. The Morgan fingerprint density at radius 2 is 1.72 bits per heavy atom. The van der Waals surface area contributed by atoms with E-state index in [1.165, 1.54) is 39.1 Å². The van der Waals surface area contributed by atoms with Crippen molar-refractivity contribution in [3.63, 3.8) is 0 Å². The molecule has 156 valence electrons. The molecular formula is C28H39N. The quantitative estimate of drug-likeness (QED) is 0.323. The molecule has 0 saturated heterocycles. The van der Waals surface area contributed by atoms with Crippen molar-refractivity contribution >= 4 is 0 Å². The van der Waals surface area contributed by atoms with Crippen molar-refractivity contribution in [3.05, 3.63) is 94.8 Å². The van der Waals surface area contributed by atoms with Gasteiger partial charge in [-0.15, -0.1) is 0 Å². The average Bonchev–Trinajstić information content (AvgIpc) is 3.11. The molecule has 0 aromatic heterocycles. The van der Waals surface area contributed by atoms with Crippen LogP contribution in [0.4, 0.5) is 0 Å². The Bertz CT molecular complexity index is 807. The van der Waals surface area contributed by atoms with Crippen molar-refractivity contribution < 1.29 is 0 Å². The zero-order chi connectivity index (χ0) is 21.4. The SMILES string of the molecule is C=C(C)C1(C(=C)/C=C(CCC)/C(NCC)=C(\C=C/C)CC)Cc2ccccc2C1. The Morgan fingerprint density at radius 1 is 1.10 bits per heavy atom. The fourth-order valence-electron chi connectivity index (χ4n) is 4.49. The summed E-state index contributed by atoms with van der Waals surface area (Å²) in [5.74, 6) is 0. The number of benzene rings is 1. The zero-order valence-electron chi connectivity index (χ0n) is 19.2. The van der Waals surface area contributed by atoms with E-state index in [2.05, 4.69) is 95.6 Å². The van der Waals surface area contributed by atoms with Crippen LogP contribution in [0.2, 0.25) is 0 Å². The molecule has 0 fully saturated rings. The van der Waals surface area contributed by atoms with Crippen LogP contribution in [0.5, 0.6) is 0 Å². The largest absolute Gasteiger partial charge is 0.385 e. The molecule has 0 aliphatic heterocycles. The highest BCUT2D eigenvalue weighted by Crippen LogP contribution is 2.47. The normalized spacial score (nSPS) is 16.5. The first-order valence-electron chi connectivity index (χ1n) is 11.2. The van der Waals surface area contributed by atoms with Gasteiger partial charge in [0.05, 0.1) is 0 Å². The summed E-state index contributed by atoms with van der Waals surface area (Å²) in [7, 11) is 0. The molecule has 1 heteroatoms. The van der Waals surface area contributed by atoms with Crippen molar-refractivity contribution in [3.8, 4) is 0 Å². The minimum Gasteiger partial charge on any atom is -0.385 e. The molecule has 0 spiro atoms. The van der Waals surface area contributed by atoms with Crippen LogP contribution >= 0.6 is 0 Å². The summed E-state index contributed by atoms with van der Waals surface area (Å²) in [6.45, 7) is 20.8. The van der Waals surface area contributed by atoms with E-state index in [1.54, 1.807) is 0 Å². The summed E-state index contributed by atoms with van der Waals surface area (Å²) in [5.41, 5.74) is 9.21. The number of nitrogens with one attached hydrogen (secondary N) is 1. The minimum atomic E-state index is -0.0764. The maximum atomic E-state index is 4.60. The Hall–Kier alpha value is -2.28. The summed E-state index contributed by atoms with van der Waals surface area (Å²) >= 11 is 0. The average molecular weight is 390 g/mol. The fourth-order valence-corrected chi connectivity index (χ4v) is 4.49. The van der Waals surface area contributed by atoms with Gasteiger partial charge in [0.15, 0.2) is 0 Å². The van der Waals surface area contributed by atoms with Crippen molar-refractivity contribution in [1.82, 2.24) is 5.32 Å². The first-order valence-corrected chi connectivity index (χ1v) is 11.2. The topological polar surface area (TPSA) is 12.0 Å². The molecule has 0 unspecified atom stereocenters. The summed E-state index contributed by atoms with van der Waals surface area (Å²) in [6, 6.07) is 8.81. The minimum absolute atomic E-state index is 0.0764. The molecule has 0 amide bonds. The van der Waals surface area contributed by atoms with Gasteiger partial charge in [0.25, 0.3) is 0 Å². The van der Waals surface area contributed by atoms with Crippen molar-refractivity contribution in [2.45, 2.75) is 66.7 Å². The Morgan fingerprint density at radius 3 is 2.17 bits per heavy atom. The van der Waals surface area contributed by atoms with Gasteiger partial charge in [0, 0.05) is 17.7 Å². The number of hydrogen-bond donors (Lipinski definition) is 1. The second-order valence-electron chi connectivity index (χ2n) is 8.21. The molecule has 29 heavy (non-hydrogen) atoms. The molecule has 0 atom stereocenters. The van der Waals surface area contributed by atoms with Crippen LogP contribution in [0.3, 0.4) is 0 Å². The molecule has 1 aromatic rings. The number of hydrogen-bond acceptors (Lipinski definition) is 1. The van der Waals surface area contributed by atoms with Gasteiger partial charge in [-0.3, -0.25) is 0 Å². The molecule has 1 aliphatic carbocycles. The standard InChI is InChI=1S/C28H39N/c1-8-14-23(10-3)27(29-11-4)24(15-9-2)18-22(7)28(21(5)6)19-25-16-12-13-17-26(25)20-28/h8,12-14,16-18,29H,5,7,9-11,15,19-20H2,1-4,6H3/b14-8-,24-18+,27-23+. The van der Waals surface area contributed by atoms with E-state index in [0.717, 1.165) is 38.6 Å². The third kappa shape index (κ3) is 5.01. The van der Waals surface area contributed by atoms with Gasteiger partial charge in [-0.2, -0.15) is 0 Å². The predicted octanol–water partition coefficient (Wildman–Crippen LogP) is 7.48. The fraction of sp³-hybridized carbons (Fsp3) is 0.429. The van der Waals surface area contributed by atoms with E-state index >= 15 is 0 Å². The molecule has 2 rings (SSSR count). The first-order chi connectivity index (χ1) is 13.9. The van der Waals surface area contributed by atoms with E-state index in [-0.39, 0.29) is 5.41 Å². The van der Waals surface area contributed by atoms with Gasteiger partial charge >= 0.3 is 0 Å². The van der Waals surface area contributed by atoms with Crippen LogP contribution in [-0.2, 0) is 12.8 Å². The predicted molar refractivity (Wildman–Crippen MR) is 129 cm³/mol. The van der Waals surface area contributed by atoms with Gasteiger partial charge < -0.3 is 5.32 Å². The van der Waals surface area contributed by atoms with Gasteiger partial charge in [0.2, 0.25) is 0 Å². The third-order valence-corrected chi connectivity index (χ3v) is 6.15. The van der Waals surface area contributed by atoms with E-state index in [4.69, 9.17) is 0 Å². The van der Waals surface area contributed by atoms with E-state index < -0.39 is 0 Å². The van der Waals surface area contributed by atoms with Crippen molar-refractivity contribution in [2.24, 2.45) is 5.41 Å². The van der Waals surface area contributed by atoms with E-state index in [1.807, 2.05) is 0 Å². The maximum absolute atomic E-state index is 4.60. The Labute approximate surface area is 179 Å². The second-order valence-corrected chi connectivity index (χ2v) is 8.21. The molecule has 1 nitrogen and oxygen atoms in total. The van der Waals surface area contributed by atoms with Gasteiger partial charge in [-0.05, 0) is 74.3 Å². The lowest BCUT2D eigenvalue weighted by Crippen LogP contribution is -2.25. The molecule has 0 saturated carbocycles. The van der Waals surface area contributed by atoms with Crippen LogP contribution in [0, 0.1) is 5.41 Å². The maximum Gasteiger partial charge on any atom is 0.0405 e. The molecule has 1 aliphatic rings. The smallest absolute Gasteiger partial charge is 0.0405 e. The van der Waals surface area contributed by atoms with Crippen LogP contribution in [0.15, 0.2) is 83.6 Å². The Kier molecular flexibility index (Phi) is 8.32. The molecule has 1 aromatic carbocycles. The lowest BCUT2D eigenvalue weighted by molar-refractivity contribution is 0.470. The highest BCUT2D eigenvalue weighted by Gasteiger charge is 2.39. The van der Waals surface area contributed by atoms with Crippen LogP contribution in [0.25, 0.3) is 0 Å². The van der Waals surface area contributed by atoms with E-state index in [0.29, 0.717) is 0 Å². The molecule has 0 bridgehead atoms. The van der Waals surface area contributed by atoms with E-state index in [9.17, 15) is 0 Å². The number of allylic oxidation sites excluding steroid dienone is 7. The number of likely N-dealkylation sites (N-methyl/N-ethyl adjacent to an activating group) is 1. The van der Waals surface area contributed by atoms with Crippen LogP contribution < -0.4 is 5.32 Å². The summed E-state index contributed by atoms with van der Waals surface area (Å²) in [6.07, 6.45) is 11.9. The molecule has 0 heterocycles.